The zero-order chi connectivity index (χ0) is 34.4. The highest BCUT2D eigenvalue weighted by Crippen LogP contribution is 2.44. The van der Waals surface area contributed by atoms with Crippen molar-refractivity contribution in [2.75, 3.05) is 13.2 Å². The molecule has 2 saturated heterocycles. The van der Waals surface area contributed by atoms with Crippen molar-refractivity contribution in [3.8, 4) is 0 Å². The van der Waals surface area contributed by atoms with Crippen LogP contribution in [0.25, 0.3) is 0 Å². The average Bonchev–Trinajstić information content (AvgIpc) is 3.63. The summed E-state index contributed by atoms with van der Waals surface area (Å²) < 4.78 is 19.1. The summed E-state index contributed by atoms with van der Waals surface area (Å²) in [7, 11) is 0. The molecule has 0 aromatic heterocycles. The van der Waals surface area contributed by atoms with Gasteiger partial charge in [-0.15, -0.1) is 0 Å². The second kappa shape index (κ2) is 29.5. The molecule has 0 radical (unpaired) electrons. The van der Waals surface area contributed by atoms with E-state index in [2.05, 4.69) is 62.5 Å². The zero-order valence-corrected chi connectivity index (χ0v) is 31.3. The summed E-state index contributed by atoms with van der Waals surface area (Å²) in [5, 5.41) is 19.8. The molecule has 0 aromatic carbocycles. The van der Waals surface area contributed by atoms with Crippen LogP contribution in [0.3, 0.4) is 0 Å². The number of unbranched alkanes of at least 4 members (excludes halogenated alkanes) is 18. The van der Waals surface area contributed by atoms with Crippen LogP contribution in [-0.2, 0) is 14.2 Å². The van der Waals surface area contributed by atoms with Crippen molar-refractivity contribution < 1.29 is 24.4 Å². The van der Waals surface area contributed by atoms with E-state index in [1.54, 1.807) is 0 Å². The summed E-state index contributed by atoms with van der Waals surface area (Å²) >= 11 is 0. The highest BCUT2D eigenvalue weighted by atomic mass is 16.8. The maximum absolute atomic E-state index is 9.89. The standard InChI is InChI=1S/C43H76O5/c1-3-5-7-9-11-13-15-17-19-21-23-25-27-29-31-33-35-43(47-41-39(37-44)46-40(38-45)42(41)48-43)36-34-32-30-28-26-24-22-20-18-16-14-12-10-8-6-4-2/h11-14,17-20,39-42,44-45H,3-10,15-16,21-38H2,1-2H3/b13-11-,14-12-,19-17-,20-18-/t39?,40?,41-,42?/m1/s1. The van der Waals surface area contributed by atoms with Gasteiger partial charge in [0.15, 0.2) is 5.79 Å². The summed E-state index contributed by atoms with van der Waals surface area (Å²) in [5.41, 5.74) is 0. The van der Waals surface area contributed by atoms with E-state index in [0.717, 1.165) is 38.5 Å². The Hall–Kier alpha value is -1.24. The monoisotopic (exact) mass is 673 g/mol. The summed E-state index contributed by atoms with van der Waals surface area (Å²) in [4.78, 5) is 0. The minimum Gasteiger partial charge on any atom is -0.394 e. The fraction of sp³-hybridized carbons (Fsp3) is 0.814. The number of rotatable bonds is 32. The van der Waals surface area contributed by atoms with Crippen LogP contribution in [0.1, 0.15) is 181 Å². The first-order valence-corrected chi connectivity index (χ1v) is 20.5. The Labute approximate surface area is 296 Å². The molecule has 2 heterocycles. The van der Waals surface area contributed by atoms with Crippen molar-refractivity contribution >= 4 is 0 Å². The number of fused-ring (bicyclic) bond motifs is 1. The number of aliphatic hydroxyl groups excluding tert-OH is 2. The molecule has 0 aliphatic carbocycles. The smallest absolute Gasteiger partial charge is 0.169 e. The van der Waals surface area contributed by atoms with Gasteiger partial charge < -0.3 is 24.4 Å². The molecule has 0 bridgehead atoms. The van der Waals surface area contributed by atoms with Crippen molar-refractivity contribution in [1.29, 1.82) is 0 Å². The van der Waals surface area contributed by atoms with Crippen LogP contribution in [0, 0.1) is 0 Å². The van der Waals surface area contributed by atoms with Crippen molar-refractivity contribution in [2.24, 2.45) is 0 Å². The third-order valence-corrected chi connectivity index (χ3v) is 9.98. The Bertz CT molecular complexity index is 780. The Balaban J connectivity index is 1.60. The van der Waals surface area contributed by atoms with Gasteiger partial charge in [0, 0.05) is 12.8 Å². The van der Waals surface area contributed by atoms with Crippen LogP contribution >= 0.6 is 0 Å². The molecule has 2 N–H and O–H groups in total. The molecule has 2 aliphatic heterocycles. The summed E-state index contributed by atoms with van der Waals surface area (Å²) in [6.07, 6.45) is 48.6. The molecule has 0 saturated carbocycles. The van der Waals surface area contributed by atoms with E-state index in [0.29, 0.717) is 0 Å². The molecule has 278 valence electrons. The van der Waals surface area contributed by atoms with Crippen molar-refractivity contribution in [3.63, 3.8) is 0 Å². The average molecular weight is 673 g/mol. The van der Waals surface area contributed by atoms with Crippen LogP contribution < -0.4 is 0 Å². The molecular formula is C43H76O5. The lowest BCUT2D eigenvalue weighted by Gasteiger charge is -2.31. The van der Waals surface area contributed by atoms with Gasteiger partial charge >= 0.3 is 0 Å². The Morgan fingerprint density at radius 2 is 0.771 bits per heavy atom. The van der Waals surface area contributed by atoms with Gasteiger partial charge in [0.1, 0.15) is 24.4 Å². The minimum atomic E-state index is -0.607. The van der Waals surface area contributed by atoms with Crippen LogP contribution in [0.4, 0.5) is 0 Å². The molecule has 48 heavy (non-hydrogen) atoms. The minimum absolute atomic E-state index is 0.104. The van der Waals surface area contributed by atoms with E-state index in [9.17, 15) is 10.2 Å². The molecule has 4 atom stereocenters. The van der Waals surface area contributed by atoms with Gasteiger partial charge in [0.25, 0.3) is 0 Å². The molecule has 0 aromatic rings. The van der Waals surface area contributed by atoms with E-state index in [4.69, 9.17) is 14.2 Å². The largest absolute Gasteiger partial charge is 0.394 e. The number of ether oxygens (including phenoxy) is 3. The fourth-order valence-corrected chi connectivity index (χ4v) is 7.03. The predicted molar refractivity (Wildman–Crippen MR) is 203 cm³/mol. The third-order valence-electron chi connectivity index (χ3n) is 9.98. The molecular weight excluding hydrogens is 596 g/mol. The van der Waals surface area contributed by atoms with Gasteiger partial charge in [0.2, 0.25) is 0 Å². The molecule has 0 amide bonds. The van der Waals surface area contributed by atoms with E-state index < -0.39 is 18.0 Å². The maximum atomic E-state index is 9.89. The fourth-order valence-electron chi connectivity index (χ4n) is 7.03. The number of hydrogen-bond acceptors (Lipinski definition) is 5. The highest BCUT2D eigenvalue weighted by molar-refractivity contribution is 4.99. The lowest BCUT2D eigenvalue weighted by atomic mass is 9.98. The first-order chi connectivity index (χ1) is 23.7. The van der Waals surface area contributed by atoms with Gasteiger partial charge in [-0.2, -0.15) is 0 Å². The van der Waals surface area contributed by atoms with Gasteiger partial charge in [-0.05, 0) is 77.0 Å². The van der Waals surface area contributed by atoms with E-state index in [1.165, 1.54) is 128 Å². The Kier molecular flexibility index (Phi) is 26.4. The van der Waals surface area contributed by atoms with Gasteiger partial charge in [-0.3, -0.25) is 0 Å². The van der Waals surface area contributed by atoms with Crippen LogP contribution in [0.15, 0.2) is 48.6 Å². The molecule has 2 rings (SSSR count). The molecule has 5 heteroatoms. The predicted octanol–water partition coefficient (Wildman–Crippen LogP) is 11.6. The Morgan fingerprint density at radius 1 is 0.438 bits per heavy atom. The first-order valence-electron chi connectivity index (χ1n) is 20.5. The van der Waals surface area contributed by atoms with Gasteiger partial charge in [-0.25, -0.2) is 0 Å². The van der Waals surface area contributed by atoms with Gasteiger partial charge in [0.05, 0.1) is 13.2 Å². The number of hydrogen-bond donors (Lipinski definition) is 2. The topological polar surface area (TPSA) is 68.2 Å². The van der Waals surface area contributed by atoms with Crippen LogP contribution in [0.2, 0.25) is 0 Å². The van der Waals surface area contributed by atoms with Crippen LogP contribution in [-0.4, -0.2) is 53.6 Å². The number of allylic oxidation sites excluding steroid dienone is 8. The van der Waals surface area contributed by atoms with Crippen LogP contribution in [0.5, 0.6) is 0 Å². The lowest BCUT2D eigenvalue weighted by Crippen LogP contribution is -2.36. The van der Waals surface area contributed by atoms with Crippen molar-refractivity contribution in [2.45, 2.75) is 211 Å². The summed E-state index contributed by atoms with van der Waals surface area (Å²) in [6.45, 7) is 4.30. The number of aliphatic hydroxyl groups is 2. The summed E-state index contributed by atoms with van der Waals surface area (Å²) in [6, 6.07) is 0. The van der Waals surface area contributed by atoms with E-state index in [-0.39, 0.29) is 25.4 Å². The van der Waals surface area contributed by atoms with Gasteiger partial charge in [-0.1, -0.05) is 140 Å². The van der Waals surface area contributed by atoms with E-state index in [1.807, 2.05) is 0 Å². The molecule has 3 unspecified atom stereocenters. The van der Waals surface area contributed by atoms with E-state index >= 15 is 0 Å². The SMILES string of the molecule is CCCCC/C=C\C/C=C\CCCCCCCCC1(CCCCCCCC/C=C\C/C=C\CCCCC)OC2C(CO)OC(CO)[C@H]2O1. The maximum Gasteiger partial charge on any atom is 0.169 e. The molecule has 0 spiro atoms. The third kappa shape index (κ3) is 19.2. The molecule has 2 aliphatic rings. The molecule has 5 nitrogen and oxygen atoms in total. The lowest BCUT2D eigenvalue weighted by molar-refractivity contribution is -0.222. The quantitative estimate of drug-likeness (QED) is 0.0550. The first kappa shape index (κ1) is 42.9. The molecule has 2 fully saturated rings. The highest BCUT2D eigenvalue weighted by Gasteiger charge is 2.57. The van der Waals surface area contributed by atoms with Crippen molar-refractivity contribution in [1.82, 2.24) is 0 Å². The normalized spacial score (nSPS) is 22.4. The Morgan fingerprint density at radius 3 is 1.12 bits per heavy atom. The second-order valence-electron chi connectivity index (χ2n) is 14.3. The second-order valence-corrected chi connectivity index (χ2v) is 14.3. The van der Waals surface area contributed by atoms with Crippen molar-refractivity contribution in [3.05, 3.63) is 48.6 Å². The summed E-state index contributed by atoms with van der Waals surface area (Å²) in [5.74, 6) is -0.607. The zero-order valence-electron chi connectivity index (χ0n) is 31.3.